The monoisotopic (exact) mass is 352 g/mol. The number of benzene rings is 1. The molecule has 1 N–H and O–H groups in total. The molecule has 2 rings (SSSR count). The van der Waals surface area contributed by atoms with E-state index in [0.29, 0.717) is 25.3 Å². The number of carbonyl (C=O) groups is 2. The molecule has 2 amide bonds. The van der Waals surface area contributed by atoms with E-state index in [0.717, 1.165) is 15.7 Å². The van der Waals surface area contributed by atoms with E-state index in [1.54, 1.807) is 4.90 Å². The molecule has 114 valence electrons. The Morgan fingerprint density at radius 2 is 2.10 bits per heavy atom. The zero-order valence-corrected chi connectivity index (χ0v) is 14.2. The van der Waals surface area contributed by atoms with Gasteiger partial charge in [-0.15, -0.1) is 0 Å². The summed E-state index contributed by atoms with van der Waals surface area (Å²) in [4.78, 5) is 26.3. The van der Waals surface area contributed by atoms with Crippen LogP contribution in [0, 0.1) is 12.8 Å². The lowest BCUT2D eigenvalue weighted by Crippen LogP contribution is -2.45. The second-order valence-corrected chi connectivity index (χ2v) is 6.80. The van der Waals surface area contributed by atoms with Gasteiger partial charge >= 0.3 is 0 Å². The number of hydrogen-bond acceptors (Lipinski definition) is 2. The van der Waals surface area contributed by atoms with Gasteiger partial charge in [0.15, 0.2) is 0 Å². The van der Waals surface area contributed by atoms with E-state index in [-0.39, 0.29) is 11.8 Å². The summed E-state index contributed by atoms with van der Waals surface area (Å²) in [5.74, 6) is 0.263. The first-order valence-electron chi connectivity index (χ1n) is 7.25. The average molecular weight is 353 g/mol. The zero-order valence-electron chi connectivity index (χ0n) is 12.6. The van der Waals surface area contributed by atoms with Crippen LogP contribution in [0.5, 0.6) is 0 Å². The lowest BCUT2D eigenvalue weighted by molar-refractivity contribution is -0.125. The predicted molar refractivity (Wildman–Crippen MR) is 87.2 cm³/mol. The van der Waals surface area contributed by atoms with Crippen molar-refractivity contribution in [1.82, 2.24) is 5.32 Å². The van der Waals surface area contributed by atoms with Crippen LogP contribution in [0.2, 0.25) is 0 Å². The Morgan fingerprint density at radius 3 is 2.71 bits per heavy atom. The van der Waals surface area contributed by atoms with Crippen LogP contribution in [-0.4, -0.2) is 24.4 Å². The van der Waals surface area contributed by atoms with Gasteiger partial charge in [-0.2, -0.15) is 0 Å². The van der Waals surface area contributed by atoms with Crippen molar-refractivity contribution in [3.63, 3.8) is 0 Å². The lowest BCUT2D eigenvalue weighted by atomic mass is 10.0. The van der Waals surface area contributed by atoms with Crippen molar-refractivity contribution in [2.75, 3.05) is 11.4 Å². The molecule has 0 bridgehead atoms. The molecule has 1 aromatic rings. The molecule has 1 atom stereocenters. The number of nitrogens with zero attached hydrogens (tertiary/aromatic N) is 1. The SMILES string of the molecule is Cc1ccc(N2CCC(=O)NC(CC(C)C)C2=O)c(Br)c1. The number of halogens is 1. The summed E-state index contributed by atoms with van der Waals surface area (Å²) in [5.41, 5.74) is 1.96. The summed E-state index contributed by atoms with van der Waals surface area (Å²) in [6.45, 7) is 6.53. The molecule has 1 fully saturated rings. The minimum Gasteiger partial charge on any atom is -0.344 e. The minimum absolute atomic E-state index is 0.0286. The fourth-order valence-electron chi connectivity index (χ4n) is 2.54. The first-order chi connectivity index (χ1) is 9.88. The van der Waals surface area contributed by atoms with Gasteiger partial charge in [-0.3, -0.25) is 9.59 Å². The third-order valence-corrected chi connectivity index (χ3v) is 4.20. The third-order valence-electron chi connectivity index (χ3n) is 3.56. The van der Waals surface area contributed by atoms with Crippen molar-refractivity contribution >= 4 is 33.4 Å². The fourth-order valence-corrected chi connectivity index (χ4v) is 3.25. The molecule has 0 aliphatic carbocycles. The van der Waals surface area contributed by atoms with E-state index in [9.17, 15) is 9.59 Å². The number of anilines is 1. The van der Waals surface area contributed by atoms with Crippen molar-refractivity contribution in [3.05, 3.63) is 28.2 Å². The second-order valence-electron chi connectivity index (χ2n) is 5.94. The Hall–Kier alpha value is -1.36. The number of carbonyl (C=O) groups excluding carboxylic acids is 2. The molecule has 1 aliphatic rings. The van der Waals surface area contributed by atoms with Crippen molar-refractivity contribution < 1.29 is 9.59 Å². The highest BCUT2D eigenvalue weighted by Crippen LogP contribution is 2.29. The molecule has 1 saturated heterocycles. The average Bonchev–Trinajstić information content (AvgIpc) is 2.51. The summed E-state index contributed by atoms with van der Waals surface area (Å²) < 4.78 is 0.883. The molecule has 1 heterocycles. The Bertz CT molecular complexity index is 557. The molecule has 1 aliphatic heterocycles. The van der Waals surface area contributed by atoms with Gasteiger partial charge in [-0.05, 0) is 52.9 Å². The number of hydrogen-bond donors (Lipinski definition) is 1. The van der Waals surface area contributed by atoms with E-state index >= 15 is 0 Å². The molecule has 4 nitrogen and oxygen atoms in total. The summed E-state index contributed by atoms with van der Waals surface area (Å²) in [6.07, 6.45) is 0.991. The standard InChI is InChI=1S/C16H21BrN2O2/c1-10(2)8-13-16(21)19(7-6-15(20)18-13)14-5-4-11(3)9-12(14)17/h4-5,9-10,13H,6-8H2,1-3H3,(H,18,20). The van der Waals surface area contributed by atoms with E-state index in [4.69, 9.17) is 0 Å². The van der Waals surface area contributed by atoms with Crippen molar-refractivity contribution in [1.29, 1.82) is 0 Å². The molecule has 1 aromatic carbocycles. The maximum Gasteiger partial charge on any atom is 0.249 e. The van der Waals surface area contributed by atoms with Crippen LogP contribution in [0.1, 0.15) is 32.3 Å². The third kappa shape index (κ3) is 3.84. The van der Waals surface area contributed by atoms with Gasteiger partial charge in [-0.25, -0.2) is 0 Å². The molecular formula is C16H21BrN2O2. The normalized spacial score (nSPS) is 19.7. The van der Waals surface area contributed by atoms with Gasteiger partial charge in [0, 0.05) is 17.4 Å². The summed E-state index contributed by atoms with van der Waals surface area (Å²) in [5, 5.41) is 2.85. The van der Waals surface area contributed by atoms with Crippen molar-refractivity contribution in [2.24, 2.45) is 5.92 Å². The van der Waals surface area contributed by atoms with Crippen LogP contribution in [0.25, 0.3) is 0 Å². The molecule has 1 unspecified atom stereocenters. The van der Waals surface area contributed by atoms with Gasteiger partial charge in [0.05, 0.1) is 5.69 Å². The van der Waals surface area contributed by atoms with Crippen LogP contribution in [-0.2, 0) is 9.59 Å². The Balaban J connectivity index is 2.32. The molecule has 0 radical (unpaired) electrons. The second kappa shape index (κ2) is 6.60. The summed E-state index contributed by atoms with van der Waals surface area (Å²) in [6, 6.07) is 5.46. The van der Waals surface area contributed by atoms with E-state index in [1.807, 2.05) is 25.1 Å². The number of rotatable bonds is 3. The topological polar surface area (TPSA) is 49.4 Å². The Morgan fingerprint density at radius 1 is 1.38 bits per heavy atom. The van der Waals surface area contributed by atoms with Gasteiger partial charge in [0.1, 0.15) is 6.04 Å². The van der Waals surface area contributed by atoms with Crippen LogP contribution in [0.3, 0.4) is 0 Å². The van der Waals surface area contributed by atoms with Gasteiger partial charge < -0.3 is 10.2 Å². The molecule has 5 heteroatoms. The Kier molecular flexibility index (Phi) is 5.04. The smallest absolute Gasteiger partial charge is 0.249 e. The largest absolute Gasteiger partial charge is 0.344 e. The molecule has 0 aromatic heterocycles. The van der Waals surface area contributed by atoms with Crippen molar-refractivity contribution in [2.45, 2.75) is 39.7 Å². The Labute approximate surface area is 134 Å². The highest BCUT2D eigenvalue weighted by atomic mass is 79.9. The van der Waals surface area contributed by atoms with Gasteiger partial charge in [0.25, 0.3) is 0 Å². The van der Waals surface area contributed by atoms with Gasteiger partial charge in [0.2, 0.25) is 11.8 Å². The highest BCUT2D eigenvalue weighted by Gasteiger charge is 2.31. The predicted octanol–water partition coefficient (Wildman–Crippen LogP) is 3.03. The minimum atomic E-state index is -0.437. The maximum absolute atomic E-state index is 12.8. The van der Waals surface area contributed by atoms with Gasteiger partial charge in [-0.1, -0.05) is 19.9 Å². The molecule has 0 spiro atoms. The number of aryl methyl sites for hydroxylation is 1. The van der Waals surface area contributed by atoms with E-state index in [2.05, 4.69) is 35.1 Å². The van der Waals surface area contributed by atoms with Crippen LogP contribution in [0.4, 0.5) is 5.69 Å². The van der Waals surface area contributed by atoms with Crippen LogP contribution in [0.15, 0.2) is 22.7 Å². The first kappa shape index (κ1) is 16.0. The zero-order chi connectivity index (χ0) is 15.6. The van der Waals surface area contributed by atoms with Crippen LogP contribution < -0.4 is 10.2 Å². The maximum atomic E-state index is 12.8. The molecule has 21 heavy (non-hydrogen) atoms. The first-order valence-corrected chi connectivity index (χ1v) is 8.04. The number of nitrogens with one attached hydrogen (secondary N) is 1. The molecular weight excluding hydrogens is 332 g/mol. The van der Waals surface area contributed by atoms with Crippen molar-refractivity contribution in [3.8, 4) is 0 Å². The summed E-state index contributed by atoms with van der Waals surface area (Å²) >= 11 is 3.52. The number of amides is 2. The van der Waals surface area contributed by atoms with E-state index in [1.165, 1.54) is 0 Å². The fraction of sp³-hybridized carbons (Fsp3) is 0.500. The quantitative estimate of drug-likeness (QED) is 0.908. The van der Waals surface area contributed by atoms with E-state index < -0.39 is 6.04 Å². The molecule has 0 saturated carbocycles. The van der Waals surface area contributed by atoms with Crippen LogP contribution >= 0.6 is 15.9 Å². The highest BCUT2D eigenvalue weighted by molar-refractivity contribution is 9.10. The summed E-state index contributed by atoms with van der Waals surface area (Å²) in [7, 11) is 0. The lowest BCUT2D eigenvalue weighted by Gasteiger charge is -2.26.